The summed E-state index contributed by atoms with van der Waals surface area (Å²) < 4.78 is 11.8. The van der Waals surface area contributed by atoms with Crippen LogP contribution in [0, 0.1) is 20.8 Å². The van der Waals surface area contributed by atoms with Gasteiger partial charge < -0.3 is 14.1 Å². The molecule has 1 aromatic heterocycles. The zero-order chi connectivity index (χ0) is 17.6. The number of likely N-dealkylation sites (tertiary alicyclic amines) is 1. The summed E-state index contributed by atoms with van der Waals surface area (Å²) in [6.45, 7) is 7.16. The fourth-order valence-electron chi connectivity index (χ4n) is 3.24. The summed E-state index contributed by atoms with van der Waals surface area (Å²) in [5.74, 6) is 1.23. The molecule has 1 aliphatic rings. The molecule has 4 rings (SSSR count). The molecule has 1 saturated heterocycles. The molecule has 25 heavy (non-hydrogen) atoms. The van der Waals surface area contributed by atoms with Gasteiger partial charge in [-0.3, -0.25) is 4.79 Å². The van der Waals surface area contributed by atoms with Crippen LogP contribution in [0.25, 0.3) is 11.0 Å². The zero-order valence-electron chi connectivity index (χ0n) is 14.7. The average molecular weight is 335 g/mol. The average Bonchev–Trinajstić information content (AvgIpc) is 2.86. The molecule has 4 heteroatoms. The van der Waals surface area contributed by atoms with Gasteiger partial charge in [0.05, 0.1) is 13.1 Å². The molecule has 4 nitrogen and oxygen atoms in total. The van der Waals surface area contributed by atoms with Crippen molar-refractivity contribution in [1.82, 2.24) is 4.90 Å². The topological polar surface area (TPSA) is 42.7 Å². The molecular formula is C21H21NO3. The van der Waals surface area contributed by atoms with Crippen LogP contribution in [-0.2, 0) is 0 Å². The highest BCUT2D eigenvalue weighted by atomic mass is 16.5. The normalized spacial score (nSPS) is 14.6. The van der Waals surface area contributed by atoms with Gasteiger partial charge >= 0.3 is 0 Å². The summed E-state index contributed by atoms with van der Waals surface area (Å²) in [4.78, 5) is 14.5. The van der Waals surface area contributed by atoms with Crippen LogP contribution >= 0.6 is 0 Å². The maximum absolute atomic E-state index is 12.7. The molecule has 2 heterocycles. The minimum atomic E-state index is -0.0598. The third kappa shape index (κ3) is 2.88. The summed E-state index contributed by atoms with van der Waals surface area (Å²) >= 11 is 0. The van der Waals surface area contributed by atoms with Gasteiger partial charge in [-0.2, -0.15) is 0 Å². The van der Waals surface area contributed by atoms with Crippen LogP contribution in [0.1, 0.15) is 27.2 Å². The Kier molecular flexibility index (Phi) is 3.75. The second kappa shape index (κ2) is 5.96. The first-order valence-electron chi connectivity index (χ1n) is 8.53. The van der Waals surface area contributed by atoms with Crippen molar-refractivity contribution in [3.8, 4) is 5.75 Å². The SMILES string of the molecule is Cc1cccc(OC2CN(C(=O)c3oc4cc(C)ccc4c3C)C2)c1. The second-order valence-corrected chi connectivity index (χ2v) is 6.82. The number of aryl methyl sites for hydroxylation is 3. The Morgan fingerprint density at radius 1 is 1.08 bits per heavy atom. The fourth-order valence-corrected chi connectivity index (χ4v) is 3.24. The highest BCUT2D eigenvalue weighted by molar-refractivity contribution is 5.99. The van der Waals surface area contributed by atoms with Crippen LogP contribution in [0.3, 0.4) is 0 Å². The van der Waals surface area contributed by atoms with E-state index in [2.05, 4.69) is 0 Å². The first kappa shape index (κ1) is 15.8. The third-order valence-corrected chi connectivity index (χ3v) is 4.72. The number of rotatable bonds is 3. The van der Waals surface area contributed by atoms with Gasteiger partial charge in [-0.05, 0) is 50.1 Å². The van der Waals surface area contributed by atoms with Gasteiger partial charge in [-0.25, -0.2) is 0 Å². The Morgan fingerprint density at radius 3 is 2.60 bits per heavy atom. The zero-order valence-corrected chi connectivity index (χ0v) is 14.7. The highest BCUT2D eigenvalue weighted by Gasteiger charge is 2.35. The van der Waals surface area contributed by atoms with Crippen molar-refractivity contribution in [3.63, 3.8) is 0 Å². The first-order chi connectivity index (χ1) is 12.0. The molecule has 128 valence electrons. The number of carbonyl (C=O) groups excluding carboxylic acids is 1. The summed E-state index contributed by atoms with van der Waals surface area (Å²) in [5.41, 5.74) is 3.96. The number of ether oxygens (including phenoxy) is 1. The standard InChI is InChI=1S/C21H21NO3/c1-13-5-4-6-16(9-13)24-17-11-22(12-17)21(23)20-15(3)18-8-7-14(2)10-19(18)25-20/h4-10,17H,11-12H2,1-3H3. The summed E-state index contributed by atoms with van der Waals surface area (Å²) in [5, 5.41) is 1.00. The van der Waals surface area contributed by atoms with Crippen molar-refractivity contribution >= 4 is 16.9 Å². The van der Waals surface area contributed by atoms with Crippen LogP contribution in [0.15, 0.2) is 46.9 Å². The van der Waals surface area contributed by atoms with E-state index in [1.807, 2.05) is 63.2 Å². The number of furan rings is 1. The molecule has 3 aromatic rings. The van der Waals surface area contributed by atoms with E-state index in [-0.39, 0.29) is 12.0 Å². The van der Waals surface area contributed by atoms with E-state index in [4.69, 9.17) is 9.15 Å². The molecule has 0 N–H and O–H groups in total. The monoisotopic (exact) mass is 335 g/mol. The predicted molar refractivity (Wildman–Crippen MR) is 97.2 cm³/mol. The van der Waals surface area contributed by atoms with Crippen LogP contribution in [-0.4, -0.2) is 30.0 Å². The Labute approximate surface area is 147 Å². The number of hydrogen-bond acceptors (Lipinski definition) is 3. The Bertz CT molecular complexity index is 951. The van der Waals surface area contributed by atoms with Crippen LogP contribution in [0.4, 0.5) is 0 Å². The maximum atomic E-state index is 12.7. The number of nitrogens with zero attached hydrogens (tertiary/aromatic N) is 1. The fraction of sp³-hybridized carbons (Fsp3) is 0.286. The molecule has 2 aromatic carbocycles. The Balaban J connectivity index is 1.46. The van der Waals surface area contributed by atoms with Crippen LogP contribution in [0.5, 0.6) is 5.75 Å². The lowest BCUT2D eigenvalue weighted by molar-refractivity contribution is 0.0156. The van der Waals surface area contributed by atoms with Crippen molar-refractivity contribution in [3.05, 3.63) is 64.9 Å². The van der Waals surface area contributed by atoms with E-state index in [1.54, 1.807) is 4.90 Å². The van der Waals surface area contributed by atoms with E-state index in [0.29, 0.717) is 18.8 Å². The van der Waals surface area contributed by atoms with Gasteiger partial charge in [0.15, 0.2) is 5.76 Å². The van der Waals surface area contributed by atoms with Gasteiger partial charge in [0.25, 0.3) is 5.91 Å². The lowest BCUT2D eigenvalue weighted by atomic mass is 10.1. The second-order valence-electron chi connectivity index (χ2n) is 6.82. The van der Waals surface area contributed by atoms with E-state index in [9.17, 15) is 4.79 Å². The molecular weight excluding hydrogens is 314 g/mol. The summed E-state index contributed by atoms with van der Waals surface area (Å²) in [6.07, 6.45) is 0.0395. The van der Waals surface area contributed by atoms with Crippen molar-refractivity contribution < 1.29 is 13.9 Å². The molecule has 0 saturated carbocycles. The summed E-state index contributed by atoms with van der Waals surface area (Å²) in [7, 11) is 0. The molecule has 1 fully saturated rings. The maximum Gasteiger partial charge on any atom is 0.290 e. The highest BCUT2D eigenvalue weighted by Crippen LogP contribution is 2.29. The Morgan fingerprint density at radius 2 is 1.84 bits per heavy atom. The minimum Gasteiger partial charge on any atom is -0.487 e. The molecule has 0 unspecified atom stereocenters. The van der Waals surface area contributed by atoms with E-state index in [0.717, 1.165) is 33.4 Å². The number of hydrogen-bond donors (Lipinski definition) is 0. The lowest BCUT2D eigenvalue weighted by Crippen LogP contribution is -2.56. The van der Waals surface area contributed by atoms with Gasteiger partial charge in [0.1, 0.15) is 17.4 Å². The van der Waals surface area contributed by atoms with E-state index >= 15 is 0 Å². The van der Waals surface area contributed by atoms with E-state index < -0.39 is 0 Å². The largest absolute Gasteiger partial charge is 0.487 e. The molecule has 0 atom stereocenters. The van der Waals surface area contributed by atoms with E-state index in [1.165, 1.54) is 0 Å². The lowest BCUT2D eigenvalue weighted by Gasteiger charge is -2.38. The molecule has 1 aliphatic heterocycles. The number of carbonyl (C=O) groups is 1. The number of benzene rings is 2. The third-order valence-electron chi connectivity index (χ3n) is 4.72. The van der Waals surface area contributed by atoms with Gasteiger partial charge in [0.2, 0.25) is 0 Å². The molecule has 1 amide bonds. The first-order valence-corrected chi connectivity index (χ1v) is 8.53. The predicted octanol–water partition coefficient (Wildman–Crippen LogP) is 4.26. The van der Waals surface area contributed by atoms with Crippen molar-refractivity contribution in [2.45, 2.75) is 26.9 Å². The van der Waals surface area contributed by atoms with Crippen LogP contribution in [0.2, 0.25) is 0 Å². The van der Waals surface area contributed by atoms with Crippen molar-refractivity contribution in [2.24, 2.45) is 0 Å². The smallest absolute Gasteiger partial charge is 0.290 e. The number of fused-ring (bicyclic) bond motifs is 1. The van der Waals surface area contributed by atoms with Gasteiger partial charge in [-0.15, -0.1) is 0 Å². The Hall–Kier alpha value is -2.75. The molecule has 0 radical (unpaired) electrons. The van der Waals surface area contributed by atoms with Gasteiger partial charge in [-0.1, -0.05) is 24.3 Å². The van der Waals surface area contributed by atoms with Crippen LogP contribution < -0.4 is 4.74 Å². The quantitative estimate of drug-likeness (QED) is 0.718. The minimum absolute atomic E-state index is 0.0395. The number of amides is 1. The molecule has 0 spiro atoms. The van der Waals surface area contributed by atoms with Crippen molar-refractivity contribution in [2.75, 3.05) is 13.1 Å². The summed E-state index contributed by atoms with van der Waals surface area (Å²) in [6, 6.07) is 14.0. The molecule has 0 aliphatic carbocycles. The van der Waals surface area contributed by atoms with Crippen molar-refractivity contribution in [1.29, 1.82) is 0 Å². The molecule has 0 bridgehead atoms. The van der Waals surface area contributed by atoms with Gasteiger partial charge in [0, 0.05) is 10.9 Å².